The third-order valence-electron chi connectivity index (χ3n) is 4.11. The van der Waals surface area contributed by atoms with Crippen LogP contribution in [0.15, 0.2) is 24.3 Å². The number of hydrogen-bond acceptors (Lipinski definition) is 2. The highest BCUT2D eigenvalue weighted by molar-refractivity contribution is 5.75. The zero-order valence-electron chi connectivity index (χ0n) is 10.8. The van der Waals surface area contributed by atoms with E-state index < -0.39 is 0 Å². The first-order valence-electron chi connectivity index (χ1n) is 6.82. The predicted octanol–water partition coefficient (Wildman–Crippen LogP) is 2.67. The first-order chi connectivity index (χ1) is 8.74. The number of aliphatic hydroxyl groups excluding tert-OH is 1. The van der Waals surface area contributed by atoms with Crippen molar-refractivity contribution in [2.24, 2.45) is 13.0 Å². The molecule has 3 nitrogen and oxygen atoms in total. The summed E-state index contributed by atoms with van der Waals surface area (Å²) in [5.74, 6) is 1.74. The van der Waals surface area contributed by atoms with Crippen molar-refractivity contribution in [2.75, 3.05) is 0 Å². The second-order valence-electron chi connectivity index (χ2n) is 5.47. The average molecular weight is 244 g/mol. The van der Waals surface area contributed by atoms with Crippen LogP contribution >= 0.6 is 0 Å². The molecule has 0 radical (unpaired) electrons. The zero-order valence-corrected chi connectivity index (χ0v) is 10.8. The Morgan fingerprint density at radius 3 is 2.94 bits per heavy atom. The molecule has 1 aromatic heterocycles. The van der Waals surface area contributed by atoms with Gasteiger partial charge in [-0.1, -0.05) is 18.6 Å². The number of para-hydroxylation sites is 2. The quantitative estimate of drug-likeness (QED) is 0.882. The van der Waals surface area contributed by atoms with Gasteiger partial charge in [0.15, 0.2) is 0 Å². The van der Waals surface area contributed by atoms with Crippen LogP contribution in [0.3, 0.4) is 0 Å². The number of aliphatic hydroxyl groups is 1. The summed E-state index contributed by atoms with van der Waals surface area (Å²) in [6, 6.07) is 8.26. The van der Waals surface area contributed by atoms with Crippen molar-refractivity contribution in [3.8, 4) is 0 Å². The van der Waals surface area contributed by atoms with Gasteiger partial charge in [0.05, 0.1) is 17.1 Å². The molecule has 3 rings (SSSR count). The highest BCUT2D eigenvalue weighted by atomic mass is 16.3. The Kier molecular flexibility index (Phi) is 3.08. The molecule has 0 aliphatic heterocycles. The molecule has 0 amide bonds. The van der Waals surface area contributed by atoms with E-state index in [0.717, 1.165) is 37.0 Å². The minimum Gasteiger partial charge on any atom is -0.393 e. The molecule has 2 aromatic rings. The molecule has 1 heterocycles. The first kappa shape index (κ1) is 11.7. The molecule has 96 valence electrons. The van der Waals surface area contributed by atoms with Crippen LogP contribution < -0.4 is 0 Å². The van der Waals surface area contributed by atoms with E-state index in [0.29, 0.717) is 5.92 Å². The monoisotopic (exact) mass is 244 g/mol. The molecule has 0 spiro atoms. The van der Waals surface area contributed by atoms with Gasteiger partial charge in [-0.25, -0.2) is 4.98 Å². The summed E-state index contributed by atoms with van der Waals surface area (Å²) >= 11 is 0. The number of fused-ring (bicyclic) bond motifs is 1. The molecule has 2 atom stereocenters. The predicted molar refractivity (Wildman–Crippen MR) is 72.4 cm³/mol. The molecule has 1 fully saturated rings. The van der Waals surface area contributed by atoms with Gasteiger partial charge in [0.2, 0.25) is 0 Å². The van der Waals surface area contributed by atoms with E-state index in [4.69, 9.17) is 4.98 Å². The SMILES string of the molecule is Cn1c(CC2CCCC(O)C2)nc2ccccc21. The summed E-state index contributed by atoms with van der Waals surface area (Å²) in [6.45, 7) is 0. The normalized spacial score (nSPS) is 24.6. The van der Waals surface area contributed by atoms with Crippen molar-refractivity contribution >= 4 is 11.0 Å². The molecular weight excluding hydrogens is 224 g/mol. The standard InChI is InChI=1S/C15H20N2O/c1-17-14-8-3-2-7-13(14)16-15(17)10-11-5-4-6-12(18)9-11/h2-3,7-8,11-12,18H,4-6,9-10H2,1H3. The Bertz CT molecular complexity index is 546. The van der Waals surface area contributed by atoms with Crippen LogP contribution in [0.2, 0.25) is 0 Å². The molecule has 2 unspecified atom stereocenters. The summed E-state index contributed by atoms with van der Waals surface area (Å²) in [4.78, 5) is 4.71. The van der Waals surface area contributed by atoms with E-state index in [-0.39, 0.29) is 6.10 Å². The highest BCUT2D eigenvalue weighted by Crippen LogP contribution is 2.27. The van der Waals surface area contributed by atoms with Crippen LogP contribution in [0.25, 0.3) is 11.0 Å². The smallest absolute Gasteiger partial charge is 0.109 e. The molecule has 1 aliphatic rings. The minimum atomic E-state index is -0.0987. The Labute approximate surface area is 107 Å². The van der Waals surface area contributed by atoms with E-state index in [1.807, 2.05) is 6.07 Å². The maximum Gasteiger partial charge on any atom is 0.109 e. The topological polar surface area (TPSA) is 38.0 Å². The van der Waals surface area contributed by atoms with Crippen molar-refractivity contribution in [1.82, 2.24) is 9.55 Å². The molecule has 3 heteroatoms. The molecule has 1 saturated carbocycles. The lowest BCUT2D eigenvalue weighted by Crippen LogP contribution is -2.22. The largest absolute Gasteiger partial charge is 0.393 e. The van der Waals surface area contributed by atoms with Crippen molar-refractivity contribution < 1.29 is 5.11 Å². The van der Waals surface area contributed by atoms with Gasteiger partial charge in [0, 0.05) is 13.5 Å². The van der Waals surface area contributed by atoms with Crippen LogP contribution in [-0.2, 0) is 13.5 Å². The number of imidazole rings is 1. The fourth-order valence-corrected chi connectivity index (χ4v) is 3.08. The van der Waals surface area contributed by atoms with E-state index in [1.165, 1.54) is 11.9 Å². The Morgan fingerprint density at radius 1 is 1.33 bits per heavy atom. The lowest BCUT2D eigenvalue weighted by molar-refractivity contribution is 0.100. The van der Waals surface area contributed by atoms with Gasteiger partial charge < -0.3 is 9.67 Å². The van der Waals surface area contributed by atoms with Gasteiger partial charge in [-0.3, -0.25) is 0 Å². The van der Waals surface area contributed by atoms with Crippen LogP contribution in [0.4, 0.5) is 0 Å². The number of hydrogen-bond donors (Lipinski definition) is 1. The van der Waals surface area contributed by atoms with Gasteiger partial charge in [-0.2, -0.15) is 0 Å². The Hall–Kier alpha value is -1.35. The summed E-state index contributed by atoms with van der Waals surface area (Å²) in [7, 11) is 2.09. The number of nitrogens with zero attached hydrogens (tertiary/aromatic N) is 2. The Balaban J connectivity index is 1.84. The van der Waals surface area contributed by atoms with Crippen molar-refractivity contribution in [3.05, 3.63) is 30.1 Å². The molecule has 0 bridgehead atoms. The summed E-state index contributed by atoms with van der Waals surface area (Å²) in [5, 5.41) is 9.74. The van der Waals surface area contributed by atoms with Crippen molar-refractivity contribution in [3.63, 3.8) is 0 Å². The van der Waals surface area contributed by atoms with Gasteiger partial charge in [0.1, 0.15) is 5.82 Å². The Morgan fingerprint density at radius 2 is 2.17 bits per heavy atom. The molecule has 1 aliphatic carbocycles. The number of aryl methyl sites for hydroxylation is 1. The lowest BCUT2D eigenvalue weighted by atomic mass is 9.85. The van der Waals surface area contributed by atoms with Crippen molar-refractivity contribution in [2.45, 2.75) is 38.2 Å². The molecule has 1 N–H and O–H groups in total. The fourth-order valence-electron chi connectivity index (χ4n) is 3.08. The van der Waals surface area contributed by atoms with Gasteiger partial charge in [-0.15, -0.1) is 0 Å². The summed E-state index contributed by atoms with van der Waals surface area (Å²) < 4.78 is 2.19. The van der Waals surface area contributed by atoms with Crippen LogP contribution in [0.1, 0.15) is 31.5 Å². The second kappa shape index (κ2) is 4.73. The number of benzene rings is 1. The molecule has 18 heavy (non-hydrogen) atoms. The van der Waals surface area contributed by atoms with Gasteiger partial charge in [-0.05, 0) is 37.3 Å². The van der Waals surface area contributed by atoms with E-state index in [9.17, 15) is 5.11 Å². The average Bonchev–Trinajstić information content (AvgIpc) is 2.67. The van der Waals surface area contributed by atoms with E-state index in [2.05, 4.69) is 29.8 Å². The van der Waals surface area contributed by atoms with Crippen LogP contribution in [-0.4, -0.2) is 20.8 Å². The maximum absolute atomic E-state index is 9.74. The molecule has 0 saturated heterocycles. The molecular formula is C15H20N2O. The third kappa shape index (κ3) is 2.15. The lowest BCUT2D eigenvalue weighted by Gasteiger charge is -2.25. The van der Waals surface area contributed by atoms with Crippen LogP contribution in [0, 0.1) is 5.92 Å². The second-order valence-corrected chi connectivity index (χ2v) is 5.47. The minimum absolute atomic E-state index is 0.0987. The van der Waals surface area contributed by atoms with Gasteiger partial charge >= 0.3 is 0 Å². The maximum atomic E-state index is 9.74. The van der Waals surface area contributed by atoms with Crippen molar-refractivity contribution in [1.29, 1.82) is 0 Å². The van der Waals surface area contributed by atoms with E-state index in [1.54, 1.807) is 0 Å². The van der Waals surface area contributed by atoms with E-state index >= 15 is 0 Å². The van der Waals surface area contributed by atoms with Gasteiger partial charge in [0.25, 0.3) is 0 Å². The number of aromatic nitrogens is 2. The van der Waals surface area contributed by atoms with Crippen LogP contribution in [0.5, 0.6) is 0 Å². The summed E-state index contributed by atoms with van der Waals surface area (Å²) in [5.41, 5.74) is 2.27. The first-order valence-corrected chi connectivity index (χ1v) is 6.82. The third-order valence-corrected chi connectivity index (χ3v) is 4.11. The highest BCUT2D eigenvalue weighted by Gasteiger charge is 2.22. The fraction of sp³-hybridized carbons (Fsp3) is 0.533. The number of rotatable bonds is 2. The zero-order chi connectivity index (χ0) is 12.5. The molecule has 1 aromatic carbocycles. The summed E-state index contributed by atoms with van der Waals surface area (Å²) in [6.07, 6.45) is 5.17.